The summed E-state index contributed by atoms with van der Waals surface area (Å²) in [6.45, 7) is 0.690. The van der Waals surface area contributed by atoms with Crippen LogP contribution in [0.5, 0.6) is 0 Å². The lowest BCUT2D eigenvalue weighted by Crippen LogP contribution is -2.28. The fourth-order valence-corrected chi connectivity index (χ4v) is 5.34. The van der Waals surface area contributed by atoms with E-state index in [0.717, 1.165) is 15.6 Å². The minimum atomic E-state index is -0.922. The summed E-state index contributed by atoms with van der Waals surface area (Å²) in [5, 5.41) is 13.0. The molecule has 32 heavy (non-hydrogen) atoms. The number of carbonyl (C=O) groups excluding carboxylic acids is 1. The molecule has 4 aromatic rings. The summed E-state index contributed by atoms with van der Waals surface area (Å²) < 4.78 is 6.51. The van der Waals surface area contributed by atoms with Gasteiger partial charge >= 0.3 is 12.1 Å². The lowest BCUT2D eigenvalue weighted by atomic mass is 9.98. The molecule has 1 heterocycles. The molecule has 6 heteroatoms. The highest BCUT2D eigenvalue weighted by Gasteiger charge is 2.28. The zero-order valence-corrected chi connectivity index (χ0v) is 18.0. The van der Waals surface area contributed by atoms with Crippen molar-refractivity contribution in [2.24, 2.45) is 0 Å². The Hall–Kier alpha value is -3.64. The third-order valence-corrected chi connectivity index (χ3v) is 6.96. The summed E-state index contributed by atoms with van der Waals surface area (Å²) in [6, 6.07) is 24.0. The molecule has 0 spiro atoms. The summed E-state index contributed by atoms with van der Waals surface area (Å²) in [6.07, 6.45) is 0.146. The molecular weight excluding hydrogens is 422 g/mol. The molecule has 5 rings (SSSR count). The van der Waals surface area contributed by atoms with Crippen LogP contribution in [0.15, 0.2) is 72.8 Å². The highest BCUT2D eigenvalue weighted by atomic mass is 32.1. The molecule has 1 amide bonds. The van der Waals surface area contributed by atoms with Crippen LogP contribution in [0.3, 0.4) is 0 Å². The summed E-state index contributed by atoms with van der Waals surface area (Å²) in [5.41, 5.74) is 5.76. The Morgan fingerprint density at radius 3 is 2.31 bits per heavy atom. The van der Waals surface area contributed by atoms with Gasteiger partial charge in [0.15, 0.2) is 0 Å². The number of carboxylic acid groups (broad SMARTS) is 1. The van der Waals surface area contributed by atoms with E-state index in [1.807, 2.05) is 42.5 Å². The monoisotopic (exact) mass is 443 g/mol. The van der Waals surface area contributed by atoms with Crippen LogP contribution < -0.4 is 5.32 Å². The van der Waals surface area contributed by atoms with E-state index in [9.17, 15) is 14.7 Å². The van der Waals surface area contributed by atoms with Gasteiger partial charge in [0.2, 0.25) is 0 Å². The van der Waals surface area contributed by atoms with Crippen molar-refractivity contribution in [1.29, 1.82) is 0 Å². The number of carbonyl (C=O) groups is 2. The topological polar surface area (TPSA) is 75.6 Å². The lowest BCUT2D eigenvalue weighted by Gasteiger charge is -2.14. The number of rotatable bonds is 6. The van der Waals surface area contributed by atoms with Crippen molar-refractivity contribution in [2.75, 3.05) is 13.2 Å². The van der Waals surface area contributed by atoms with Gasteiger partial charge in [-0.2, -0.15) is 0 Å². The minimum Gasteiger partial charge on any atom is -0.477 e. The number of benzene rings is 3. The molecule has 0 atom stereocenters. The Morgan fingerprint density at radius 2 is 1.62 bits per heavy atom. The number of hydrogen-bond acceptors (Lipinski definition) is 4. The van der Waals surface area contributed by atoms with Crippen LogP contribution in [-0.2, 0) is 11.2 Å². The van der Waals surface area contributed by atoms with E-state index in [0.29, 0.717) is 17.8 Å². The molecular formula is C26H21NO4S. The van der Waals surface area contributed by atoms with Gasteiger partial charge in [-0.3, -0.25) is 0 Å². The maximum atomic E-state index is 12.4. The Morgan fingerprint density at radius 1 is 0.938 bits per heavy atom. The van der Waals surface area contributed by atoms with Gasteiger partial charge in [0, 0.05) is 17.2 Å². The molecule has 0 radical (unpaired) electrons. The van der Waals surface area contributed by atoms with Crippen molar-refractivity contribution in [2.45, 2.75) is 12.3 Å². The van der Waals surface area contributed by atoms with E-state index in [-0.39, 0.29) is 12.5 Å². The maximum Gasteiger partial charge on any atom is 0.407 e. The highest BCUT2D eigenvalue weighted by Crippen LogP contribution is 2.44. The first-order valence-electron chi connectivity index (χ1n) is 10.5. The smallest absolute Gasteiger partial charge is 0.407 e. The summed E-state index contributed by atoms with van der Waals surface area (Å²) in [5.74, 6) is -0.893. The standard InChI is InChI=1S/C26H21NO4S/c28-25(29)24-14-21-16(6-5-11-23(21)32-24)12-13-27-26(30)31-15-22-19-9-3-1-7-17(19)18-8-2-4-10-20(18)22/h1-11,14,22H,12-13,15H2,(H,27,30)(H,28,29). The molecule has 0 fully saturated rings. The van der Waals surface area contributed by atoms with Gasteiger partial charge < -0.3 is 15.2 Å². The molecule has 1 aliphatic carbocycles. The van der Waals surface area contributed by atoms with Crippen LogP contribution >= 0.6 is 11.3 Å². The Kier molecular flexibility index (Phi) is 5.37. The van der Waals surface area contributed by atoms with Gasteiger partial charge in [-0.25, -0.2) is 9.59 Å². The van der Waals surface area contributed by atoms with E-state index in [2.05, 4.69) is 29.6 Å². The molecule has 0 saturated heterocycles. The number of thiophene rings is 1. The maximum absolute atomic E-state index is 12.4. The van der Waals surface area contributed by atoms with E-state index >= 15 is 0 Å². The van der Waals surface area contributed by atoms with E-state index in [1.54, 1.807) is 6.07 Å². The third-order valence-electron chi connectivity index (χ3n) is 5.87. The van der Waals surface area contributed by atoms with Crippen molar-refractivity contribution < 1.29 is 19.4 Å². The largest absolute Gasteiger partial charge is 0.477 e. The van der Waals surface area contributed by atoms with Crippen molar-refractivity contribution in [1.82, 2.24) is 5.32 Å². The number of aromatic carboxylic acids is 1. The number of nitrogens with one attached hydrogen (secondary N) is 1. The van der Waals surface area contributed by atoms with Crippen molar-refractivity contribution in [3.8, 4) is 11.1 Å². The summed E-state index contributed by atoms with van der Waals surface area (Å²) in [4.78, 5) is 23.9. The predicted octanol–water partition coefficient (Wildman–Crippen LogP) is 5.68. The van der Waals surface area contributed by atoms with Crippen LogP contribution in [0.4, 0.5) is 4.79 Å². The quantitative estimate of drug-likeness (QED) is 0.402. The highest BCUT2D eigenvalue weighted by molar-refractivity contribution is 7.20. The second-order valence-corrected chi connectivity index (χ2v) is 8.83. The zero-order chi connectivity index (χ0) is 22.1. The second-order valence-electron chi connectivity index (χ2n) is 7.75. The molecule has 5 nitrogen and oxygen atoms in total. The molecule has 0 unspecified atom stereocenters. The number of ether oxygens (including phenoxy) is 1. The SMILES string of the molecule is O=C(NCCc1cccc2sc(C(=O)O)cc12)OCC1c2ccccc2-c2ccccc21. The van der Waals surface area contributed by atoms with Gasteiger partial charge in [0.25, 0.3) is 0 Å². The van der Waals surface area contributed by atoms with Gasteiger partial charge in [0.1, 0.15) is 11.5 Å². The fourth-order valence-electron chi connectivity index (χ4n) is 4.39. The number of alkyl carbamates (subject to hydrolysis) is 1. The van der Waals surface area contributed by atoms with Crippen LogP contribution in [0, 0.1) is 0 Å². The zero-order valence-electron chi connectivity index (χ0n) is 17.2. The van der Waals surface area contributed by atoms with E-state index in [1.165, 1.54) is 33.6 Å². The molecule has 0 saturated carbocycles. The van der Waals surface area contributed by atoms with Crippen LogP contribution in [-0.4, -0.2) is 30.3 Å². The molecule has 1 aliphatic rings. The van der Waals surface area contributed by atoms with Gasteiger partial charge in [0.05, 0.1) is 0 Å². The minimum absolute atomic E-state index is 0.0298. The first-order valence-corrected chi connectivity index (χ1v) is 11.3. The third kappa shape index (κ3) is 3.74. The fraction of sp³-hybridized carbons (Fsp3) is 0.154. The number of fused-ring (bicyclic) bond motifs is 4. The van der Waals surface area contributed by atoms with Gasteiger partial charge in [-0.1, -0.05) is 60.7 Å². The number of carboxylic acids is 1. The lowest BCUT2D eigenvalue weighted by molar-refractivity contribution is 0.0702. The number of amides is 1. The molecule has 160 valence electrons. The van der Waals surface area contributed by atoms with E-state index < -0.39 is 12.1 Å². The Labute approximate surface area is 189 Å². The Balaban J connectivity index is 1.21. The molecule has 0 aliphatic heterocycles. The van der Waals surface area contributed by atoms with Crippen molar-refractivity contribution in [3.05, 3.63) is 94.4 Å². The summed E-state index contributed by atoms with van der Waals surface area (Å²) >= 11 is 1.26. The van der Waals surface area contributed by atoms with Crippen LogP contribution in [0.25, 0.3) is 21.2 Å². The molecule has 3 aromatic carbocycles. The van der Waals surface area contributed by atoms with Gasteiger partial charge in [-0.05, 0) is 51.8 Å². The van der Waals surface area contributed by atoms with Crippen molar-refractivity contribution >= 4 is 33.5 Å². The van der Waals surface area contributed by atoms with Gasteiger partial charge in [-0.15, -0.1) is 11.3 Å². The predicted molar refractivity (Wildman–Crippen MR) is 126 cm³/mol. The number of hydrogen-bond donors (Lipinski definition) is 2. The molecule has 0 bridgehead atoms. The molecule has 1 aromatic heterocycles. The first kappa shape index (κ1) is 20.3. The normalized spacial score (nSPS) is 12.4. The van der Waals surface area contributed by atoms with Crippen molar-refractivity contribution in [3.63, 3.8) is 0 Å². The summed E-state index contributed by atoms with van der Waals surface area (Å²) in [7, 11) is 0. The van der Waals surface area contributed by atoms with Crippen LogP contribution in [0.1, 0.15) is 32.3 Å². The first-order chi connectivity index (χ1) is 15.6. The average molecular weight is 444 g/mol. The Bertz CT molecular complexity index is 1280. The molecule has 2 N–H and O–H groups in total. The van der Waals surface area contributed by atoms with E-state index in [4.69, 9.17) is 4.74 Å². The average Bonchev–Trinajstić information content (AvgIpc) is 3.38. The van der Waals surface area contributed by atoms with Crippen LogP contribution in [0.2, 0.25) is 0 Å². The second kappa shape index (κ2) is 8.48.